The minimum atomic E-state index is -0.492. The summed E-state index contributed by atoms with van der Waals surface area (Å²) in [5.74, 6) is 2.08. The Morgan fingerprint density at radius 1 is 1.23 bits per heavy atom. The lowest BCUT2D eigenvalue weighted by atomic mass is 10.1. The van der Waals surface area contributed by atoms with Crippen LogP contribution in [0.2, 0.25) is 0 Å². The lowest BCUT2D eigenvalue weighted by molar-refractivity contribution is -0.385. The Bertz CT molecular complexity index is 788. The number of nitrogens with zero attached hydrogens (tertiary/aromatic N) is 1. The Kier molecular flexibility index (Phi) is 4.68. The number of nitro groups is 1. The molecule has 5 nitrogen and oxygen atoms in total. The highest BCUT2D eigenvalue weighted by Crippen LogP contribution is 2.19. The second kappa shape index (κ2) is 6.86. The lowest BCUT2D eigenvalue weighted by Crippen LogP contribution is -2.07. The fraction of sp³-hybridized carbons (Fsp3) is 0. The van der Waals surface area contributed by atoms with Gasteiger partial charge in [0.1, 0.15) is 0 Å². The van der Waals surface area contributed by atoms with E-state index < -0.39 is 10.8 Å². The molecular weight excluding hydrogens is 280 g/mol. The van der Waals surface area contributed by atoms with Crippen LogP contribution in [0.3, 0.4) is 0 Å². The Balaban J connectivity index is 2.12. The number of hydrogen-bond acceptors (Lipinski definition) is 3. The summed E-state index contributed by atoms with van der Waals surface area (Å²) in [7, 11) is 0. The first-order valence-electron chi connectivity index (χ1n) is 6.39. The molecule has 108 valence electrons. The van der Waals surface area contributed by atoms with Gasteiger partial charge in [-0.25, -0.2) is 0 Å². The van der Waals surface area contributed by atoms with Crippen molar-refractivity contribution < 1.29 is 9.72 Å². The summed E-state index contributed by atoms with van der Waals surface area (Å²) < 4.78 is 0. The third kappa shape index (κ3) is 3.81. The van der Waals surface area contributed by atoms with Gasteiger partial charge >= 0.3 is 0 Å². The lowest BCUT2D eigenvalue weighted by Gasteiger charge is -2.02. The van der Waals surface area contributed by atoms with Crippen LogP contribution in [0.25, 0.3) is 6.08 Å². The summed E-state index contributed by atoms with van der Waals surface area (Å²) >= 11 is 0. The summed E-state index contributed by atoms with van der Waals surface area (Å²) in [5.41, 5.74) is 1.52. The highest BCUT2D eigenvalue weighted by atomic mass is 16.6. The Labute approximate surface area is 127 Å². The Morgan fingerprint density at radius 3 is 2.73 bits per heavy atom. The molecule has 0 aliphatic carbocycles. The molecule has 1 N–H and O–H groups in total. The van der Waals surface area contributed by atoms with Gasteiger partial charge in [0.2, 0.25) is 5.91 Å². The smallest absolute Gasteiger partial charge is 0.276 e. The third-order valence-electron chi connectivity index (χ3n) is 2.84. The Hall–Kier alpha value is -3.39. The van der Waals surface area contributed by atoms with E-state index in [1.165, 1.54) is 18.2 Å². The quantitative estimate of drug-likeness (QED) is 0.407. The zero-order valence-corrected chi connectivity index (χ0v) is 11.5. The minimum absolute atomic E-state index is 0.0547. The van der Waals surface area contributed by atoms with Gasteiger partial charge in [-0.1, -0.05) is 24.1 Å². The topological polar surface area (TPSA) is 72.2 Å². The molecule has 0 fully saturated rings. The van der Waals surface area contributed by atoms with E-state index in [0.29, 0.717) is 16.8 Å². The van der Waals surface area contributed by atoms with Crippen LogP contribution in [0.1, 0.15) is 11.1 Å². The van der Waals surface area contributed by atoms with E-state index in [2.05, 4.69) is 11.2 Å². The van der Waals surface area contributed by atoms with Crippen LogP contribution in [0.5, 0.6) is 0 Å². The number of amides is 1. The molecule has 2 rings (SSSR count). The van der Waals surface area contributed by atoms with Gasteiger partial charge in [0.25, 0.3) is 5.69 Å². The average molecular weight is 292 g/mol. The summed E-state index contributed by atoms with van der Waals surface area (Å²) in [6.07, 6.45) is 7.93. The van der Waals surface area contributed by atoms with Gasteiger partial charge in [0.15, 0.2) is 0 Å². The number of nitro benzene ring substituents is 1. The van der Waals surface area contributed by atoms with Crippen molar-refractivity contribution in [3.05, 3.63) is 75.8 Å². The van der Waals surface area contributed by atoms with Crippen LogP contribution in [0.15, 0.2) is 54.6 Å². The number of rotatable bonds is 4. The summed E-state index contributed by atoms with van der Waals surface area (Å²) in [6, 6.07) is 13.0. The Morgan fingerprint density at radius 2 is 2.00 bits per heavy atom. The average Bonchev–Trinajstić information content (AvgIpc) is 2.53. The molecule has 1 amide bonds. The van der Waals surface area contributed by atoms with Crippen molar-refractivity contribution in [2.75, 3.05) is 5.32 Å². The maximum atomic E-state index is 11.8. The second-order valence-corrected chi connectivity index (χ2v) is 4.36. The van der Waals surface area contributed by atoms with Crippen LogP contribution >= 0.6 is 0 Å². The zero-order valence-electron chi connectivity index (χ0n) is 11.5. The van der Waals surface area contributed by atoms with Crippen LogP contribution in [0.4, 0.5) is 11.4 Å². The molecular formula is C17H12N2O3. The SMILES string of the molecule is C#Cc1cccc(NC(=O)/C=C/c2ccccc2[N+](=O)[O-])c1. The van der Waals surface area contributed by atoms with E-state index in [4.69, 9.17) is 6.42 Å². The predicted octanol–water partition coefficient (Wildman–Crippen LogP) is 3.23. The number of carbonyl (C=O) groups is 1. The number of nitrogens with one attached hydrogen (secondary N) is 1. The van der Waals surface area contributed by atoms with Crippen LogP contribution < -0.4 is 5.32 Å². The molecule has 0 aromatic heterocycles. The fourth-order valence-electron chi connectivity index (χ4n) is 1.83. The van der Waals surface area contributed by atoms with E-state index in [1.807, 2.05) is 0 Å². The highest BCUT2D eigenvalue weighted by Gasteiger charge is 2.09. The van der Waals surface area contributed by atoms with Crippen LogP contribution in [-0.2, 0) is 4.79 Å². The number of terminal acetylenes is 1. The standard InChI is InChI=1S/C17H12N2O3/c1-2-13-6-5-8-15(12-13)18-17(20)11-10-14-7-3-4-9-16(14)19(21)22/h1,3-12H,(H,18,20)/b11-10+. The molecule has 5 heteroatoms. The van der Waals surface area contributed by atoms with Crippen molar-refractivity contribution in [1.29, 1.82) is 0 Å². The zero-order chi connectivity index (χ0) is 15.9. The van der Waals surface area contributed by atoms with Gasteiger partial charge < -0.3 is 5.32 Å². The first-order valence-corrected chi connectivity index (χ1v) is 6.39. The molecule has 0 bridgehead atoms. The maximum Gasteiger partial charge on any atom is 0.276 e. The summed E-state index contributed by atoms with van der Waals surface area (Å²) in [6.45, 7) is 0. The number of carbonyl (C=O) groups excluding carboxylic acids is 1. The van der Waals surface area contributed by atoms with E-state index in [0.717, 1.165) is 0 Å². The van der Waals surface area contributed by atoms with Gasteiger partial charge in [-0.15, -0.1) is 6.42 Å². The van der Waals surface area contributed by atoms with Gasteiger partial charge in [-0.3, -0.25) is 14.9 Å². The van der Waals surface area contributed by atoms with E-state index in [1.54, 1.807) is 42.5 Å². The number of para-hydroxylation sites is 1. The van der Waals surface area contributed by atoms with E-state index in [9.17, 15) is 14.9 Å². The normalized spacial score (nSPS) is 10.1. The molecule has 0 radical (unpaired) electrons. The molecule has 22 heavy (non-hydrogen) atoms. The number of anilines is 1. The van der Waals surface area contributed by atoms with Crippen molar-refractivity contribution in [2.24, 2.45) is 0 Å². The molecule has 0 saturated carbocycles. The van der Waals surface area contributed by atoms with E-state index in [-0.39, 0.29) is 5.69 Å². The third-order valence-corrected chi connectivity index (χ3v) is 2.84. The summed E-state index contributed by atoms with van der Waals surface area (Å²) in [5, 5.41) is 13.5. The molecule has 0 unspecified atom stereocenters. The molecule has 0 heterocycles. The monoisotopic (exact) mass is 292 g/mol. The van der Waals surface area contributed by atoms with E-state index >= 15 is 0 Å². The van der Waals surface area contributed by atoms with Gasteiger partial charge in [0, 0.05) is 23.4 Å². The molecule has 0 aliphatic rings. The molecule has 2 aromatic rings. The van der Waals surface area contributed by atoms with Crippen molar-refractivity contribution in [1.82, 2.24) is 0 Å². The molecule has 2 aromatic carbocycles. The highest BCUT2D eigenvalue weighted by molar-refractivity contribution is 6.02. The molecule has 0 atom stereocenters. The van der Waals surface area contributed by atoms with Crippen molar-refractivity contribution >= 4 is 23.4 Å². The van der Waals surface area contributed by atoms with Crippen LogP contribution in [-0.4, -0.2) is 10.8 Å². The first kappa shape index (κ1) is 15.0. The van der Waals surface area contributed by atoms with Crippen molar-refractivity contribution in [3.63, 3.8) is 0 Å². The minimum Gasteiger partial charge on any atom is -0.322 e. The largest absolute Gasteiger partial charge is 0.322 e. The van der Waals surface area contributed by atoms with Crippen molar-refractivity contribution in [3.8, 4) is 12.3 Å². The molecule has 0 saturated heterocycles. The molecule has 0 spiro atoms. The fourth-order valence-corrected chi connectivity index (χ4v) is 1.83. The number of benzene rings is 2. The maximum absolute atomic E-state index is 11.8. The second-order valence-electron chi connectivity index (χ2n) is 4.36. The summed E-state index contributed by atoms with van der Waals surface area (Å²) in [4.78, 5) is 22.2. The van der Waals surface area contributed by atoms with Crippen molar-refractivity contribution in [2.45, 2.75) is 0 Å². The first-order chi connectivity index (χ1) is 10.6. The van der Waals surface area contributed by atoms with Gasteiger partial charge in [0.05, 0.1) is 10.5 Å². The van der Waals surface area contributed by atoms with Gasteiger partial charge in [-0.05, 0) is 30.3 Å². The molecule has 0 aliphatic heterocycles. The van der Waals surface area contributed by atoms with Crippen LogP contribution in [0, 0.1) is 22.5 Å². The van der Waals surface area contributed by atoms with Gasteiger partial charge in [-0.2, -0.15) is 0 Å². The predicted molar refractivity (Wildman–Crippen MR) is 85.1 cm³/mol. The number of hydrogen-bond donors (Lipinski definition) is 1.